The van der Waals surface area contributed by atoms with E-state index in [1.807, 2.05) is 57.4 Å². The number of ether oxygens (including phenoxy) is 1. The van der Waals surface area contributed by atoms with Gasteiger partial charge in [0.15, 0.2) is 0 Å². The van der Waals surface area contributed by atoms with Crippen molar-refractivity contribution in [2.45, 2.75) is 12.5 Å². The van der Waals surface area contributed by atoms with Crippen LogP contribution in [-0.4, -0.2) is 38.6 Å². The molecule has 1 atom stereocenters. The van der Waals surface area contributed by atoms with E-state index in [0.29, 0.717) is 5.56 Å². The van der Waals surface area contributed by atoms with Crippen LogP contribution in [0.2, 0.25) is 0 Å². The molecule has 0 saturated carbocycles. The van der Waals surface area contributed by atoms with Crippen LogP contribution in [0.1, 0.15) is 32.9 Å². The van der Waals surface area contributed by atoms with Gasteiger partial charge in [-0.1, -0.05) is 54.6 Å². The Kier molecular flexibility index (Phi) is 5.53. The Hall–Kier alpha value is -4.51. The topological polar surface area (TPSA) is 37.2 Å². The molecule has 0 fully saturated rings. The number of nitrogens with zero attached hydrogens (tertiary/aromatic N) is 3. The van der Waals surface area contributed by atoms with Crippen molar-refractivity contribution in [3.63, 3.8) is 0 Å². The summed E-state index contributed by atoms with van der Waals surface area (Å²) in [4.78, 5) is 17.8. The fraction of sp³-hybridized carbons (Fsp3) is 0.182. The molecule has 0 aliphatic carbocycles. The van der Waals surface area contributed by atoms with E-state index >= 15 is 0 Å². The molecule has 38 heavy (non-hydrogen) atoms. The average molecular weight is 502 g/mol. The van der Waals surface area contributed by atoms with Crippen LogP contribution in [-0.2, 0) is 10.3 Å². The minimum atomic E-state index is -1.13. The highest BCUT2D eigenvalue weighted by atomic mass is 16.6. The maximum Gasteiger partial charge on any atom is 0.340 e. The van der Waals surface area contributed by atoms with Crippen molar-refractivity contribution in [3.8, 4) is 11.1 Å². The van der Waals surface area contributed by atoms with Gasteiger partial charge < -0.3 is 18.9 Å². The molecule has 5 aromatic rings. The molecule has 1 aliphatic rings. The van der Waals surface area contributed by atoms with E-state index in [9.17, 15) is 4.79 Å². The Morgan fingerprint density at radius 1 is 0.711 bits per heavy atom. The second-order valence-corrected chi connectivity index (χ2v) is 10.3. The molecule has 5 heteroatoms. The zero-order chi connectivity index (χ0) is 26.6. The Morgan fingerprint density at radius 2 is 1.39 bits per heavy atom. The third-order valence-corrected chi connectivity index (χ3v) is 7.56. The van der Waals surface area contributed by atoms with Gasteiger partial charge in [0.2, 0.25) is 5.60 Å². The summed E-state index contributed by atoms with van der Waals surface area (Å²) in [6.45, 7) is 2.10. The van der Waals surface area contributed by atoms with Crippen molar-refractivity contribution in [3.05, 3.63) is 125 Å². The average Bonchev–Trinajstić information content (AvgIpc) is 3.46. The van der Waals surface area contributed by atoms with E-state index in [-0.39, 0.29) is 5.97 Å². The number of hydrogen-bond acceptors (Lipinski definition) is 4. The van der Waals surface area contributed by atoms with E-state index in [4.69, 9.17) is 4.74 Å². The number of esters is 1. The third kappa shape index (κ3) is 3.50. The molecule has 0 bridgehead atoms. The standard InChI is InChI=1S/C33H31N3O2/c1-22-10-9-13-27-21-28(23-11-7-6-8-12-23)31(36(22)27)33(24-14-16-25(17-15-24)34(2)3)30-19-18-26(35(4)5)20-29(30)32(37)38-33/h6-21H,1-5H3. The van der Waals surface area contributed by atoms with Gasteiger partial charge in [0, 0.05) is 67.5 Å². The van der Waals surface area contributed by atoms with Gasteiger partial charge in [0.05, 0.1) is 11.3 Å². The summed E-state index contributed by atoms with van der Waals surface area (Å²) in [5.74, 6) is -0.317. The molecule has 3 heterocycles. The van der Waals surface area contributed by atoms with Crippen LogP contribution in [0.5, 0.6) is 0 Å². The van der Waals surface area contributed by atoms with Crippen LogP contribution in [0.3, 0.4) is 0 Å². The van der Waals surface area contributed by atoms with Crippen molar-refractivity contribution in [1.82, 2.24) is 4.40 Å². The number of carbonyl (C=O) groups excluding carboxylic acids is 1. The summed E-state index contributed by atoms with van der Waals surface area (Å²) in [5.41, 5.74) is 8.42. The first-order valence-electron chi connectivity index (χ1n) is 12.8. The number of hydrogen-bond donors (Lipinski definition) is 0. The highest BCUT2D eigenvalue weighted by Gasteiger charge is 2.51. The van der Waals surface area contributed by atoms with Gasteiger partial charge in [-0.2, -0.15) is 0 Å². The second kappa shape index (κ2) is 8.80. The fourth-order valence-electron chi connectivity index (χ4n) is 5.63. The van der Waals surface area contributed by atoms with Gasteiger partial charge in [-0.05, 0) is 55.0 Å². The quantitative estimate of drug-likeness (QED) is 0.257. The first-order chi connectivity index (χ1) is 18.3. The molecule has 190 valence electrons. The number of aromatic nitrogens is 1. The van der Waals surface area contributed by atoms with E-state index in [1.54, 1.807) is 0 Å². The molecule has 0 N–H and O–H groups in total. The number of pyridine rings is 1. The molecule has 2 aromatic heterocycles. The first kappa shape index (κ1) is 23.9. The maximum absolute atomic E-state index is 13.7. The summed E-state index contributed by atoms with van der Waals surface area (Å²) in [6.07, 6.45) is 0. The Bertz CT molecular complexity index is 1670. The molecule has 1 unspecified atom stereocenters. The number of benzene rings is 3. The van der Waals surface area contributed by atoms with Crippen LogP contribution in [0.25, 0.3) is 16.6 Å². The second-order valence-electron chi connectivity index (χ2n) is 10.3. The number of carbonyl (C=O) groups is 1. The van der Waals surface area contributed by atoms with Crippen LogP contribution in [0.15, 0.2) is 97.1 Å². The summed E-state index contributed by atoms with van der Waals surface area (Å²) >= 11 is 0. The SMILES string of the molecule is Cc1cccc2cc(-c3ccccc3)c(C3(c4ccc(N(C)C)cc4)OC(=O)c4cc(N(C)C)ccc43)n12. The van der Waals surface area contributed by atoms with Gasteiger partial charge in [0.1, 0.15) is 0 Å². The normalized spacial score (nSPS) is 16.4. The van der Waals surface area contributed by atoms with Gasteiger partial charge in [-0.15, -0.1) is 0 Å². The minimum Gasteiger partial charge on any atom is -0.439 e. The molecule has 0 amide bonds. The smallest absolute Gasteiger partial charge is 0.340 e. The summed E-state index contributed by atoms with van der Waals surface area (Å²) in [6, 6.07) is 33.2. The number of fused-ring (bicyclic) bond motifs is 2. The van der Waals surface area contributed by atoms with Gasteiger partial charge in [-0.3, -0.25) is 0 Å². The van der Waals surface area contributed by atoms with Gasteiger partial charge >= 0.3 is 5.97 Å². The molecule has 3 aromatic carbocycles. The maximum atomic E-state index is 13.7. The predicted molar refractivity (Wildman–Crippen MR) is 154 cm³/mol. The van der Waals surface area contributed by atoms with Crippen LogP contribution in [0, 0.1) is 6.92 Å². The first-order valence-corrected chi connectivity index (χ1v) is 12.8. The summed E-state index contributed by atoms with van der Waals surface area (Å²) < 4.78 is 8.86. The summed E-state index contributed by atoms with van der Waals surface area (Å²) in [7, 11) is 8.01. The van der Waals surface area contributed by atoms with Crippen molar-refractivity contribution in [2.24, 2.45) is 0 Å². The minimum absolute atomic E-state index is 0.317. The monoisotopic (exact) mass is 501 g/mol. The van der Waals surface area contributed by atoms with Crippen molar-refractivity contribution in [1.29, 1.82) is 0 Å². The van der Waals surface area contributed by atoms with Crippen molar-refractivity contribution >= 4 is 22.9 Å². The molecule has 0 saturated heterocycles. The van der Waals surface area contributed by atoms with Gasteiger partial charge in [-0.25, -0.2) is 4.79 Å². The predicted octanol–water partition coefficient (Wildman–Crippen LogP) is 6.51. The molecular weight excluding hydrogens is 470 g/mol. The van der Waals surface area contributed by atoms with E-state index in [1.165, 1.54) is 0 Å². The van der Waals surface area contributed by atoms with E-state index < -0.39 is 5.60 Å². The zero-order valence-corrected chi connectivity index (χ0v) is 22.4. The lowest BCUT2D eigenvalue weighted by Crippen LogP contribution is -2.32. The van der Waals surface area contributed by atoms with Crippen LogP contribution >= 0.6 is 0 Å². The third-order valence-electron chi connectivity index (χ3n) is 7.56. The highest BCUT2D eigenvalue weighted by Crippen LogP contribution is 2.51. The van der Waals surface area contributed by atoms with Crippen molar-refractivity contribution < 1.29 is 9.53 Å². The number of anilines is 2. The molecular formula is C33H31N3O2. The lowest BCUT2D eigenvalue weighted by Gasteiger charge is -2.32. The Morgan fingerprint density at radius 3 is 2.08 bits per heavy atom. The lowest BCUT2D eigenvalue weighted by molar-refractivity contribution is 0.0238. The fourth-order valence-corrected chi connectivity index (χ4v) is 5.63. The summed E-state index contributed by atoms with van der Waals surface area (Å²) in [5, 5.41) is 0. The number of rotatable bonds is 5. The van der Waals surface area contributed by atoms with E-state index in [0.717, 1.165) is 50.5 Å². The Balaban J connectivity index is 1.75. The number of aryl methyl sites for hydroxylation is 1. The largest absolute Gasteiger partial charge is 0.439 e. The zero-order valence-electron chi connectivity index (χ0n) is 22.4. The number of cyclic esters (lactones) is 1. The molecule has 0 radical (unpaired) electrons. The molecule has 5 nitrogen and oxygen atoms in total. The van der Waals surface area contributed by atoms with Gasteiger partial charge in [0.25, 0.3) is 0 Å². The van der Waals surface area contributed by atoms with Crippen molar-refractivity contribution in [2.75, 3.05) is 38.0 Å². The van der Waals surface area contributed by atoms with Crippen LogP contribution in [0.4, 0.5) is 11.4 Å². The molecule has 1 aliphatic heterocycles. The molecule has 6 rings (SSSR count). The van der Waals surface area contributed by atoms with Crippen LogP contribution < -0.4 is 9.80 Å². The molecule has 0 spiro atoms. The Labute approximate surface area is 223 Å². The lowest BCUT2D eigenvalue weighted by atomic mass is 9.80. The van der Waals surface area contributed by atoms with E-state index in [2.05, 4.69) is 89.0 Å². The highest BCUT2D eigenvalue weighted by molar-refractivity contribution is 5.98.